The molecule has 122 valence electrons. The highest BCUT2D eigenvalue weighted by atomic mass is 16.6. The molecule has 2 heterocycles. The zero-order valence-corrected chi connectivity index (χ0v) is 13.0. The van der Waals surface area contributed by atoms with Gasteiger partial charge in [0.2, 0.25) is 0 Å². The van der Waals surface area contributed by atoms with Crippen molar-refractivity contribution in [2.45, 2.75) is 6.54 Å². The number of nitro groups is 1. The van der Waals surface area contributed by atoms with Crippen molar-refractivity contribution in [1.29, 1.82) is 0 Å². The lowest BCUT2D eigenvalue weighted by molar-refractivity contribution is -0.402. The summed E-state index contributed by atoms with van der Waals surface area (Å²) in [4.78, 5) is 14.3. The molecular formula is C17H15N3O4. The molecule has 0 N–H and O–H groups in total. The van der Waals surface area contributed by atoms with Crippen LogP contribution in [0, 0.1) is 10.1 Å². The van der Waals surface area contributed by atoms with Crippen molar-refractivity contribution in [3.05, 3.63) is 76.1 Å². The predicted octanol–water partition coefficient (Wildman–Crippen LogP) is 3.61. The smallest absolute Gasteiger partial charge is 0.433 e. The molecule has 2 aromatic heterocycles. The van der Waals surface area contributed by atoms with E-state index < -0.39 is 4.92 Å². The van der Waals surface area contributed by atoms with Gasteiger partial charge in [-0.05, 0) is 35.9 Å². The van der Waals surface area contributed by atoms with Crippen LogP contribution >= 0.6 is 0 Å². The first-order valence-electron chi connectivity index (χ1n) is 7.22. The summed E-state index contributed by atoms with van der Waals surface area (Å²) >= 11 is 0. The van der Waals surface area contributed by atoms with Crippen LogP contribution in [0.15, 0.2) is 53.2 Å². The molecule has 0 unspecified atom stereocenters. The molecule has 0 saturated carbocycles. The standard InChI is InChI=1S/C17H15N3O4/c1-23-15-4-2-3-13(11-15)12-19-10-9-18-16(19)7-5-14-6-8-17(24-14)20(21)22/h2-11H,12H2,1H3. The molecule has 24 heavy (non-hydrogen) atoms. The summed E-state index contributed by atoms with van der Waals surface area (Å²) in [6.07, 6.45) is 6.97. The fourth-order valence-corrected chi connectivity index (χ4v) is 2.27. The quantitative estimate of drug-likeness (QED) is 0.510. The summed E-state index contributed by atoms with van der Waals surface area (Å²) in [5.74, 6) is 1.64. The van der Waals surface area contributed by atoms with Crippen LogP contribution in [0.3, 0.4) is 0 Å². The normalized spacial score (nSPS) is 11.0. The zero-order valence-electron chi connectivity index (χ0n) is 13.0. The number of benzene rings is 1. The van der Waals surface area contributed by atoms with E-state index in [-0.39, 0.29) is 5.88 Å². The third-order valence-electron chi connectivity index (χ3n) is 3.42. The predicted molar refractivity (Wildman–Crippen MR) is 88.6 cm³/mol. The number of hydrogen-bond donors (Lipinski definition) is 0. The van der Waals surface area contributed by atoms with E-state index in [4.69, 9.17) is 9.15 Å². The third kappa shape index (κ3) is 3.52. The Bertz CT molecular complexity index is 879. The minimum atomic E-state index is -0.568. The maximum absolute atomic E-state index is 10.6. The molecule has 0 atom stereocenters. The lowest BCUT2D eigenvalue weighted by Crippen LogP contribution is -2.01. The summed E-state index contributed by atoms with van der Waals surface area (Å²) in [5, 5.41) is 10.6. The number of methoxy groups -OCH3 is 1. The van der Waals surface area contributed by atoms with Crippen molar-refractivity contribution in [3.63, 3.8) is 0 Å². The average molecular weight is 325 g/mol. The minimum Gasteiger partial charge on any atom is -0.497 e. The van der Waals surface area contributed by atoms with Gasteiger partial charge in [0.05, 0.1) is 13.2 Å². The van der Waals surface area contributed by atoms with Crippen molar-refractivity contribution < 1.29 is 14.1 Å². The number of rotatable bonds is 6. The lowest BCUT2D eigenvalue weighted by atomic mass is 10.2. The van der Waals surface area contributed by atoms with Gasteiger partial charge in [0.1, 0.15) is 22.3 Å². The van der Waals surface area contributed by atoms with Gasteiger partial charge in [-0.1, -0.05) is 12.1 Å². The van der Waals surface area contributed by atoms with Crippen LogP contribution in [-0.2, 0) is 6.54 Å². The first-order chi connectivity index (χ1) is 11.7. The van der Waals surface area contributed by atoms with Crippen LogP contribution in [0.4, 0.5) is 5.88 Å². The Morgan fingerprint density at radius 2 is 2.21 bits per heavy atom. The van der Waals surface area contributed by atoms with Gasteiger partial charge in [-0.25, -0.2) is 4.98 Å². The zero-order chi connectivity index (χ0) is 16.9. The van der Waals surface area contributed by atoms with Gasteiger partial charge in [-0.2, -0.15) is 0 Å². The Labute approximate surface area is 138 Å². The topological polar surface area (TPSA) is 83.3 Å². The Morgan fingerprint density at radius 1 is 1.33 bits per heavy atom. The molecule has 0 fully saturated rings. The molecule has 1 aromatic carbocycles. The second kappa shape index (κ2) is 6.82. The van der Waals surface area contributed by atoms with E-state index in [1.54, 1.807) is 31.5 Å². The van der Waals surface area contributed by atoms with Gasteiger partial charge >= 0.3 is 5.88 Å². The van der Waals surface area contributed by atoms with Crippen molar-refractivity contribution in [2.24, 2.45) is 0 Å². The molecule has 0 aliphatic carbocycles. The molecule has 0 aliphatic heterocycles. The fraction of sp³-hybridized carbons (Fsp3) is 0.118. The van der Waals surface area contributed by atoms with E-state index in [1.165, 1.54) is 6.07 Å². The Morgan fingerprint density at radius 3 is 2.96 bits per heavy atom. The number of nitrogens with zero attached hydrogens (tertiary/aromatic N) is 3. The van der Waals surface area contributed by atoms with Crippen molar-refractivity contribution in [2.75, 3.05) is 7.11 Å². The highest BCUT2D eigenvalue weighted by Crippen LogP contribution is 2.18. The van der Waals surface area contributed by atoms with Crippen LogP contribution < -0.4 is 4.74 Å². The monoisotopic (exact) mass is 325 g/mol. The average Bonchev–Trinajstić information content (AvgIpc) is 3.22. The van der Waals surface area contributed by atoms with E-state index in [1.807, 2.05) is 35.0 Å². The second-order valence-electron chi connectivity index (χ2n) is 5.03. The van der Waals surface area contributed by atoms with Gasteiger partial charge < -0.3 is 13.7 Å². The summed E-state index contributed by atoms with van der Waals surface area (Å²) in [6, 6.07) is 10.7. The number of hydrogen-bond acceptors (Lipinski definition) is 5. The third-order valence-corrected chi connectivity index (χ3v) is 3.42. The summed E-state index contributed by atoms with van der Waals surface area (Å²) in [7, 11) is 1.63. The maximum Gasteiger partial charge on any atom is 0.433 e. The number of ether oxygens (including phenoxy) is 1. The van der Waals surface area contributed by atoms with E-state index in [2.05, 4.69) is 4.98 Å². The highest BCUT2D eigenvalue weighted by molar-refractivity contribution is 5.64. The van der Waals surface area contributed by atoms with Crippen LogP contribution in [0.1, 0.15) is 17.1 Å². The van der Waals surface area contributed by atoms with Crippen LogP contribution in [0.2, 0.25) is 0 Å². The molecule has 7 heteroatoms. The molecule has 0 amide bonds. The fourth-order valence-electron chi connectivity index (χ4n) is 2.27. The molecule has 0 aliphatic rings. The highest BCUT2D eigenvalue weighted by Gasteiger charge is 2.10. The summed E-state index contributed by atoms with van der Waals surface area (Å²) < 4.78 is 12.3. The van der Waals surface area contributed by atoms with Crippen molar-refractivity contribution in [1.82, 2.24) is 9.55 Å². The van der Waals surface area contributed by atoms with E-state index in [0.717, 1.165) is 17.1 Å². The Balaban J connectivity index is 1.77. The molecule has 0 spiro atoms. The number of furan rings is 1. The van der Waals surface area contributed by atoms with Gasteiger partial charge in [0, 0.05) is 18.9 Å². The first kappa shape index (κ1) is 15.5. The Kier molecular flexibility index (Phi) is 4.42. The summed E-state index contributed by atoms with van der Waals surface area (Å²) in [6.45, 7) is 0.634. The maximum atomic E-state index is 10.6. The first-order valence-corrected chi connectivity index (χ1v) is 7.22. The van der Waals surface area contributed by atoms with E-state index >= 15 is 0 Å². The van der Waals surface area contributed by atoms with Crippen molar-refractivity contribution >= 4 is 18.0 Å². The molecule has 3 aromatic rings. The SMILES string of the molecule is COc1cccc(Cn2ccnc2C=Cc2ccc([N+](=O)[O-])o2)c1. The Hall–Kier alpha value is -3.35. The van der Waals surface area contributed by atoms with Crippen LogP contribution in [-0.4, -0.2) is 21.6 Å². The molecule has 3 rings (SSSR count). The van der Waals surface area contributed by atoms with E-state index in [0.29, 0.717) is 12.3 Å². The van der Waals surface area contributed by atoms with Gasteiger partial charge in [-0.15, -0.1) is 0 Å². The minimum absolute atomic E-state index is 0.283. The lowest BCUT2D eigenvalue weighted by Gasteiger charge is -2.07. The molecule has 0 radical (unpaired) electrons. The van der Waals surface area contributed by atoms with Gasteiger partial charge in [0.15, 0.2) is 0 Å². The largest absolute Gasteiger partial charge is 0.497 e. The molecule has 7 nitrogen and oxygen atoms in total. The van der Waals surface area contributed by atoms with Crippen molar-refractivity contribution in [3.8, 4) is 5.75 Å². The second-order valence-corrected chi connectivity index (χ2v) is 5.03. The number of aromatic nitrogens is 2. The van der Waals surface area contributed by atoms with Gasteiger partial charge in [-0.3, -0.25) is 10.1 Å². The van der Waals surface area contributed by atoms with Crippen LogP contribution in [0.25, 0.3) is 12.2 Å². The summed E-state index contributed by atoms with van der Waals surface area (Å²) in [5.41, 5.74) is 1.08. The molecule has 0 bridgehead atoms. The van der Waals surface area contributed by atoms with E-state index in [9.17, 15) is 10.1 Å². The van der Waals surface area contributed by atoms with Crippen LogP contribution in [0.5, 0.6) is 5.75 Å². The molecule has 0 saturated heterocycles. The van der Waals surface area contributed by atoms with Gasteiger partial charge in [0.25, 0.3) is 0 Å². The molecular weight excluding hydrogens is 310 g/mol. The number of imidazole rings is 1.